The summed E-state index contributed by atoms with van der Waals surface area (Å²) in [4.78, 5) is 12.1. The number of carbonyl (C=O) groups excluding carboxylic acids is 1. The molecule has 18 heavy (non-hydrogen) atoms. The summed E-state index contributed by atoms with van der Waals surface area (Å²) in [6, 6.07) is 12.7. The topological polar surface area (TPSA) is 29.1 Å². The van der Waals surface area contributed by atoms with Gasteiger partial charge >= 0.3 is 0 Å². The second-order valence-electron chi connectivity index (χ2n) is 3.92. The van der Waals surface area contributed by atoms with Crippen LogP contribution in [0.25, 0.3) is 0 Å². The number of anilines is 1. The lowest BCUT2D eigenvalue weighted by Crippen LogP contribution is -2.12. The van der Waals surface area contributed by atoms with Gasteiger partial charge in [0, 0.05) is 20.7 Å². The zero-order chi connectivity index (χ0) is 13.1. The Balaban J connectivity index is 2.24. The van der Waals surface area contributed by atoms with Crippen molar-refractivity contribution in [3.05, 3.63) is 63.1 Å². The maximum Gasteiger partial charge on any atom is 0.255 e. The Morgan fingerprint density at radius 1 is 1.22 bits per heavy atom. The van der Waals surface area contributed by atoms with Gasteiger partial charge < -0.3 is 5.32 Å². The maximum atomic E-state index is 12.1. The van der Waals surface area contributed by atoms with Gasteiger partial charge in [-0.15, -0.1) is 0 Å². The number of nitrogens with one attached hydrogen (secondary N) is 1. The molecule has 1 N–H and O–H groups in total. The van der Waals surface area contributed by atoms with Crippen LogP contribution in [0.1, 0.15) is 15.9 Å². The fraction of sp³-hybridized carbons (Fsp3) is 0.0714. The van der Waals surface area contributed by atoms with Gasteiger partial charge in [0.15, 0.2) is 0 Å². The third-order valence-electron chi connectivity index (χ3n) is 2.53. The normalized spacial score (nSPS) is 10.2. The van der Waals surface area contributed by atoms with E-state index < -0.39 is 0 Å². The first-order valence-electron chi connectivity index (χ1n) is 5.39. The van der Waals surface area contributed by atoms with Crippen molar-refractivity contribution in [2.24, 2.45) is 0 Å². The van der Waals surface area contributed by atoms with Crippen LogP contribution in [0.15, 0.2) is 46.9 Å². The summed E-state index contributed by atoms with van der Waals surface area (Å²) in [7, 11) is 0. The summed E-state index contributed by atoms with van der Waals surface area (Å²) >= 11 is 9.25. The Morgan fingerprint density at radius 3 is 2.72 bits per heavy atom. The number of rotatable bonds is 2. The Bertz CT molecular complexity index is 598. The molecule has 0 aromatic heterocycles. The van der Waals surface area contributed by atoms with E-state index in [2.05, 4.69) is 21.2 Å². The minimum Gasteiger partial charge on any atom is -0.322 e. The van der Waals surface area contributed by atoms with Gasteiger partial charge in [-0.05, 0) is 42.8 Å². The van der Waals surface area contributed by atoms with Crippen molar-refractivity contribution in [2.75, 3.05) is 5.32 Å². The predicted octanol–water partition coefficient (Wildman–Crippen LogP) is 4.66. The van der Waals surface area contributed by atoms with Crippen LogP contribution >= 0.6 is 27.5 Å². The number of aryl methyl sites for hydroxylation is 1. The first-order valence-corrected chi connectivity index (χ1v) is 6.56. The molecule has 0 saturated heterocycles. The summed E-state index contributed by atoms with van der Waals surface area (Å²) in [5.41, 5.74) is 2.30. The van der Waals surface area contributed by atoms with Crippen LogP contribution in [-0.4, -0.2) is 5.91 Å². The van der Waals surface area contributed by atoms with Crippen LogP contribution < -0.4 is 5.32 Å². The molecule has 0 atom stereocenters. The first kappa shape index (κ1) is 13.1. The van der Waals surface area contributed by atoms with Gasteiger partial charge in [0.2, 0.25) is 0 Å². The van der Waals surface area contributed by atoms with Crippen molar-refractivity contribution >= 4 is 39.1 Å². The third-order valence-corrected chi connectivity index (χ3v) is 3.26. The van der Waals surface area contributed by atoms with Crippen molar-refractivity contribution in [3.8, 4) is 0 Å². The fourth-order valence-electron chi connectivity index (χ4n) is 1.55. The van der Waals surface area contributed by atoms with E-state index in [1.54, 1.807) is 24.3 Å². The molecular weight excluding hydrogens is 314 g/mol. The quantitative estimate of drug-likeness (QED) is 0.855. The monoisotopic (exact) mass is 323 g/mol. The average molecular weight is 325 g/mol. The molecule has 2 rings (SSSR count). The Labute approximate surface area is 119 Å². The molecule has 2 aromatic rings. The van der Waals surface area contributed by atoms with E-state index in [4.69, 9.17) is 11.6 Å². The Kier molecular flexibility index (Phi) is 4.04. The standard InChI is InChI=1S/C14H11BrClNO/c1-9-5-6-12(16)8-13(9)17-14(18)10-3-2-4-11(15)7-10/h2-8H,1H3,(H,17,18). The molecule has 0 bridgehead atoms. The van der Waals surface area contributed by atoms with Gasteiger partial charge in [0.05, 0.1) is 0 Å². The minimum atomic E-state index is -0.151. The SMILES string of the molecule is Cc1ccc(Cl)cc1NC(=O)c1cccc(Br)c1. The number of hydrogen-bond acceptors (Lipinski definition) is 1. The van der Waals surface area contributed by atoms with Crippen LogP contribution in [0.4, 0.5) is 5.69 Å². The van der Waals surface area contributed by atoms with E-state index in [1.807, 2.05) is 25.1 Å². The van der Waals surface area contributed by atoms with Gasteiger partial charge in [-0.2, -0.15) is 0 Å². The largest absolute Gasteiger partial charge is 0.322 e. The van der Waals surface area contributed by atoms with E-state index in [0.717, 1.165) is 15.7 Å². The van der Waals surface area contributed by atoms with E-state index in [0.29, 0.717) is 10.6 Å². The van der Waals surface area contributed by atoms with Crippen LogP contribution in [0.2, 0.25) is 5.02 Å². The third kappa shape index (κ3) is 3.12. The fourth-order valence-corrected chi connectivity index (χ4v) is 2.12. The molecule has 0 unspecified atom stereocenters. The van der Waals surface area contributed by atoms with Crippen molar-refractivity contribution < 1.29 is 4.79 Å². The number of amides is 1. The molecule has 1 amide bonds. The Morgan fingerprint density at radius 2 is 2.00 bits per heavy atom. The molecule has 92 valence electrons. The lowest BCUT2D eigenvalue weighted by molar-refractivity contribution is 0.102. The number of halogens is 2. The number of benzene rings is 2. The van der Waals surface area contributed by atoms with Crippen molar-refractivity contribution in [2.45, 2.75) is 6.92 Å². The zero-order valence-electron chi connectivity index (χ0n) is 9.71. The summed E-state index contributed by atoms with van der Waals surface area (Å²) in [5, 5.41) is 3.45. The van der Waals surface area contributed by atoms with E-state index >= 15 is 0 Å². The zero-order valence-corrected chi connectivity index (χ0v) is 12.0. The second kappa shape index (κ2) is 5.55. The highest BCUT2D eigenvalue weighted by atomic mass is 79.9. The van der Waals surface area contributed by atoms with Crippen molar-refractivity contribution in [1.29, 1.82) is 0 Å². The van der Waals surface area contributed by atoms with Gasteiger partial charge in [0.25, 0.3) is 5.91 Å². The number of hydrogen-bond donors (Lipinski definition) is 1. The molecule has 0 aliphatic carbocycles. The molecule has 0 fully saturated rings. The lowest BCUT2D eigenvalue weighted by atomic mass is 10.1. The van der Waals surface area contributed by atoms with Gasteiger partial charge in [-0.25, -0.2) is 0 Å². The van der Waals surface area contributed by atoms with Gasteiger partial charge in [-0.3, -0.25) is 4.79 Å². The first-order chi connectivity index (χ1) is 8.56. The molecule has 4 heteroatoms. The highest BCUT2D eigenvalue weighted by Crippen LogP contribution is 2.21. The Hall–Kier alpha value is -1.32. The van der Waals surface area contributed by atoms with Crippen LogP contribution in [0, 0.1) is 6.92 Å². The molecule has 2 nitrogen and oxygen atoms in total. The minimum absolute atomic E-state index is 0.151. The van der Waals surface area contributed by atoms with E-state index in [1.165, 1.54) is 0 Å². The average Bonchev–Trinajstić information content (AvgIpc) is 2.34. The van der Waals surface area contributed by atoms with Gasteiger partial charge in [-0.1, -0.05) is 39.7 Å². The molecule has 0 spiro atoms. The van der Waals surface area contributed by atoms with Crippen LogP contribution in [-0.2, 0) is 0 Å². The van der Waals surface area contributed by atoms with E-state index in [9.17, 15) is 4.79 Å². The van der Waals surface area contributed by atoms with E-state index in [-0.39, 0.29) is 5.91 Å². The highest BCUT2D eigenvalue weighted by Gasteiger charge is 2.08. The van der Waals surface area contributed by atoms with Crippen molar-refractivity contribution in [3.63, 3.8) is 0 Å². The highest BCUT2D eigenvalue weighted by molar-refractivity contribution is 9.10. The molecule has 0 radical (unpaired) electrons. The van der Waals surface area contributed by atoms with Crippen LogP contribution in [0.5, 0.6) is 0 Å². The smallest absolute Gasteiger partial charge is 0.255 e. The number of carbonyl (C=O) groups is 1. The molecule has 0 heterocycles. The van der Waals surface area contributed by atoms with Crippen molar-refractivity contribution in [1.82, 2.24) is 0 Å². The molecular formula is C14H11BrClNO. The maximum absolute atomic E-state index is 12.1. The van der Waals surface area contributed by atoms with Gasteiger partial charge in [0.1, 0.15) is 0 Å². The summed E-state index contributed by atoms with van der Waals surface area (Å²) in [5.74, 6) is -0.151. The molecule has 0 aliphatic heterocycles. The molecule has 0 saturated carbocycles. The second-order valence-corrected chi connectivity index (χ2v) is 5.28. The molecule has 2 aromatic carbocycles. The predicted molar refractivity (Wildman–Crippen MR) is 78.3 cm³/mol. The summed E-state index contributed by atoms with van der Waals surface area (Å²) < 4.78 is 0.873. The molecule has 0 aliphatic rings. The van der Waals surface area contributed by atoms with Crippen LogP contribution in [0.3, 0.4) is 0 Å². The summed E-state index contributed by atoms with van der Waals surface area (Å²) in [6.45, 7) is 1.92. The summed E-state index contributed by atoms with van der Waals surface area (Å²) in [6.07, 6.45) is 0. The lowest BCUT2D eigenvalue weighted by Gasteiger charge is -2.09.